The number of methoxy groups -OCH3 is 1. The van der Waals surface area contributed by atoms with Crippen molar-refractivity contribution in [3.05, 3.63) is 30.3 Å². The van der Waals surface area contributed by atoms with E-state index in [0.29, 0.717) is 28.6 Å². The molecule has 22 heavy (non-hydrogen) atoms. The molecule has 5 fully saturated rings. The molecule has 6 rings (SSSR count). The standard InChI is InChI=1S/C17H18O4S/c1-21-16(18)17-12-7-10-11(14(12)17)8-13(15(10)17)22(19,20)9-5-3-2-4-6-9/h2-6,10-15H,7-8H2,1H3/t10?,11-,12?,13-,14?,15-,17-/m1/s1. The molecule has 4 nitrogen and oxygen atoms in total. The Morgan fingerprint density at radius 2 is 1.82 bits per heavy atom. The fourth-order valence-electron chi connectivity index (χ4n) is 6.50. The van der Waals surface area contributed by atoms with E-state index in [1.807, 2.05) is 6.07 Å². The molecule has 0 spiro atoms. The van der Waals surface area contributed by atoms with Crippen LogP contribution in [0, 0.1) is 35.0 Å². The molecule has 0 radical (unpaired) electrons. The van der Waals surface area contributed by atoms with E-state index >= 15 is 0 Å². The van der Waals surface area contributed by atoms with E-state index in [0.717, 1.165) is 12.8 Å². The molecule has 5 aliphatic rings. The molecule has 5 heteroatoms. The molecule has 0 N–H and O–H groups in total. The van der Waals surface area contributed by atoms with Gasteiger partial charge in [0.25, 0.3) is 0 Å². The Morgan fingerprint density at radius 3 is 2.45 bits per heavy atom. The van der Waals surface area contributed by atoms with Gasteiger partial charge in [-0.15, -0.1) is 0 Å². The van der Waals surface area contributed by atoms with Crippen LogP contribution in [0.5, 0.6) is 0 Å². The minimum Gasteiger partial charge on any atom is -0.469 e. The summed E-state index contributed by atoms with van der Waals surface area (Å²) in [6.07, 6.45) is 1.75. The van der Waals surface area contributed by atoms with Crippen LogP contribution in [0.15, 0.2) is 35.2 Å². The Hall–Kier alpha value is -1.36. The third-order valence-electron chi connectivity index (χ3n) is 6.95. The molecule has 0 amide bonds. The van der Waals surface area contributed by atoms with Gasteiger partial charge in [0.2, 0.25) is 0 Å². The first-order valence-electron chi connectivity index (χ1n) is 7.92. The molecule has 1 aromatic carbocycles. The summed E-state index contributed by atoms with van der Waals surface area (Å²) in [4.78, 5) is 12.8. The van der Waals surface area contributed by atoms with Gasteiger partial charge in [-0.2, -0.15) is 0 Å². The van der Waals surface area contributed by atoms with Gasteiger partial charge in [-0.25, -0.2) is 8.42 Å². The first-order chi connectivity index (χ1) is 10.5. The smallest absolute Gasteiger partial charge is 0.312 e. The molecular weight excluding hydrogens is 300 g/mol. The summed E-state index contributed by atoms with van der Waals surface area (Å²) in [6.45, 7) is 0. The van der Waals surface area contributed by atoms with Gasteiger partial charge in [0.15, 0.2) is 9.84 Å². The Labute approximate surface area is 129 Å². The van der Waals surface area contributed by atoms with Crippen molar-refractivity contribution >= 4 is 15.8 Å². The first kappa shape index (κ1) is 13.1. The summed E-state index contributed by atoms with van der Waals surface area (Å²) in [5, 5.41) is -0.409. The first-order valence-corrected chi connectivity index (χ1v) is 9.46. The van der Waals surface area contributed by atoms with Gasteiger partial charge in [-0.3, -0.25) is 4.79 Å². The number of sulfone groups is 1. The van der Waals surface area contributed by atoms with Gasteiger partial charge in [0.1, 0.15) is 0 Å². The third kappa shape index (κ3) is 1.16. The highest BCUT2D eigenvalue weighted by Crippen LogP contribution is 2.88. The van der Waals surface area contributed by atoms with Gasteiger partial charge in [-0.05, 0) is 54.6 Å². The van der Waals surface area contributed by atoms with Gasteiger partial charge in [0, 0.05) is 0 Å². The van der Waals surface area contributed by atoms with Gasteiger partial charge in [-0.1, -0.05) is 18.2 Å². The van der Waals surface area contributed by atoms with E-state index < -0.39 is 20.5 Å². The lowest BCUT2D eigenvalue weighted by molar-refractivity contribution is -0.149. The highest BCUT2D eigenvalue weighted by molar-refractivity contribution is 7.92. The lowest BCUT2D eigenvalue weighted by Crippen LogP contribution is -2.38. The topological polar surface area (TPSA) is 60.4 Å². The molecule has 5 saturated carbocycles. The zero-order valence-corrected chi connectivity index (χ0v) is 13.1. The third-order valence-corrected chi connectivity index (χ3v) is 9.17. The van der Waals surface area contributed by atoms with Crippen LogP contribution in [0.25, 0.3) is 0 Å². The number of benzene rings is 1. The van der Waals surface area contributed by atoms with Gasteiger partial charge in [0.05, 0.1) is 22.7 Å². The molecule has 1 aromatic rings. The summed E-state index contributed by atoms with van der Waals surface area (Å²) >= 11 is 0. The fraction of sp³-hybridized carbons (Fsp3) is 0.588. The SMILES string of the molecule is COC(=O)[C@@]12C3CC4[C@@H](C[C@@H](S(=O)(=O)c5ccccc5)[C@@H]41)C32. The van der Waals surface area contributed by atoms with E-state index in [2.05, 4.69) is 0 Å². The highest BCUT2D eigenvalue weighted by atomic mass is 32.2. The molecule has 5 aliphatic carbocycles. The lowest BCUT2D eigenvalue weighted by atomic mass is 9.86. The van der Waals surface area contributed by atoms with Crippen LogP contribution in [0.4, 0.5) is 0 Å². The van der Waals surface area contributed by atoms with Crippen molar-refractivity contribution in [2.24, 2.45) is 35.0 Å². The Kier molecular flexibility index (Phi) is 2.24. The minimum atomic E-state index is -3.37. The second-order valence-electron chi connectivity index (χ2n) is 7.28. The predicted molar refractivity (Wildman–Crippen MR) is 78.5 cm³/mol. The molecule has 0 saturated heterocycles. The van der Waals surface area contributed by atoms with Crippen LogP contribution in [0.1, 0.15) is 12.8 Å². The van der Waals surface area contributed by atoms with Gasteiger partial charge >= 0.3 is 5.97 Å². The number of rotatable bonds is 3. The van der Waals surface area contributed by atoms with Crippen LogP contribution < -0.4 is 0 Å². The maximum absolute atomic E-state index is 13.1. The Morgan fingerprint density at radius 1 is 1.14 bits per heavy atom. The van der Waals surface area contributed by atoms with E-state index in [1.54, 1.807) is 24.3 Å². The number of hydrogen-bond donors (Lipinski definition) is 0. The summed E-state index contributed by atoms with van der Waals surface area (Å²) in [6, 6.07) is 8.68. The van der Waals surface area contributed by atoms with E-state index in [9.17, 15) is 13.2 Å². The van der Waals surface area contributed by atoms with Crippen LogP contribution in [-0.4, -0.2) is 26.7 Å². The molecule has 0 aliphatic heterocycles. The Bertz CT molecular complexity index is 771. The van der Waals surface area contributed by atoms with Crippen molar-refractivity contribution in [3.63, 3.8) is 0 Å². The molecule has 7 atom stereocenters. The second kappa shape index (κ2) is 3.75. The quantitative estimate of drug-likeness (QED) is 0.799. The Balaban J connectivity index is 1.59. The van der Waals surface area contributed by atoms with Crippen molar-refractivity contribution < 1.29 is 17.9 Å². The summed E-state index contributed by atoms with van der Waals surface area (Å²) in [5.74, 6) is 1.43. The number of ether oxygens (including phenoxy) is 1. The van der Waals surface area contributed by atoms with Crippen LogP contribution >= 0.6 is 0 Å². The van der Waals surface area contributed by atoms with E-state index in [-0.39, 0.29) is 11.9 Å². The van der Waals surface area contributed by atoms with Crippen molar-refractivity contribution in [2.75, 3.05) is 7.11 Å². The molecule has 6 bridgehead atoms. The van der Waals surface area contributed by atoms with Crippen molar-refractivity contribution in [2.45, 2.75) is 23.0 Å². The number of esters is 1. The predicted octanol–water partition coefficient (Wildman–Crippen LogP) is 1.90. The van der Waals surface area contributed by atoms with E-state index in [4.69, 9.17) is 4.74 Å². The molecule has 3 unspecified atom stereocenters. The normalized spacial score (nSPS) is 46.8. The molecular formula is C17H18O4S. The number of carbonyl (C=O) groups excluding carboxylic acids is 1. The van der Waals surface area contributed by atoms with Crippen LogP contribution in [-0.2, 0) is 19.4 Å². The highest BCUT2D eigenvalue weighted by Gasteiger charge is 2.91. The maximum atomic E-state index is 13.1. The molecule has 0 aromatic heterocycles. The fourth-order valence-corrected chi connectivity index (χ4v) is 8.68. The summed E-state index contributed by atoms with van der Waals surface area (Å²) in [5.41, 5.74) is -0.463. The summed E-state index contributed by atoms with van der Waals surface area (Å²) < 4.78 is 31.2. The van der Waals surface area contributed by atoms with Crippen LogP contribution in [0.2, 0.25) is 0 Å². The van der Waals surface area contributed by atoms with Crippen molar-refractivity contribution in [1.82, 2.24) is 0 Å². The zero-order chi connectivity index (χ0) is 15.3. The van der Waals surface area contributed by atoms with E-state index in [1.165, 1.54) is 7.11 Å². The molecule has 116 valence electrons. The molecule has 0 heterocycles. The maximum Gasteiger partial charge on any atom is 0.312 e. The lowest BCUT2D eigenvalue weighted by Gasteiger charge is -2.28. The average molecular weight is 318 g/mol. The summed E-state index contributed by atoms with van der Waals surface area (Å²) in [7, 11) is -1.94. The number of carbonyl (C=O) groups is 1. The largest absolute Gasteiger partial charge is 0.469 e. The van der Waals surface area contributed by atoms with Crippen molar-refractivity contribution in [1.29, 1.82) is 0 Å². The minimum absolute atomic E-state index is 0.0230. The number of hydrogen-bond acceptors (Lipinski definition) is 4. The van der Waals surface area contributed by atoms with Gasteiger partial charge < -0.3 is 4.74 Å². The monoisotopic (exact) mass is 318 g/mol. The van der Waals surface area contributed by atoms with Crippen LogP contribution in [0.3, 0.4) is 0 Å². The van der Waals surface area contributed by atoms with Crippen molar-refractivity contribution in [3.8, 4) is 0 Å². The average Bonchev–Trinajstić information content (AvgIpc) is 2.91. The second-order valence-corrected chi connectivity index (χ2v) is 9.45. The zero-order valence-electron chi connectivity index (χ0n) is 12.3.